The standard InChI is InChI=1S/C10H10F2O/c1-6-2-3-9-7(4-6)8(5-13-9)10(11)12/h2-4,8,10H,5H2,1H3/t8-/m0/s1. The Morgan fingerprint density at radius 3 is 2.92 bits per heavy atom. The van der Waals surface area contributed by atoms with Crippen LogP contribution >= 0.6 is 0 Å². The Labute approximate surface area is 75.3 Å². The van der Waals surface area contributed by atoms with Gasteiger partial charge in [0.1, 0.15) is 12.4 Å². The Kier molecular flexibility index (Phi) is 1.94. The van der Waals surface area contributed by atoms with Crippen molar-refractivity contribution in [1.82, 2.24) is 0 Å². The van der Waals surface area contributed by atoms with Crippen LogP contribution in [0.3, 0.4) is 0 Å². The van der Waals surface area contributed by atoms with E-state index in [-0.39, 0.29) is 6.61 Å². The molecule has 0 bridgehead atoms. The summed E-state index contributed by atoms with van der Waals surface area (Å²) in [6.07, 6.45) is -2.33. The van der Waals surface area contributed by atoms with E-state index in [4.69, 9.17) is 4.74 Å². The number of fused-ring (bicyclic) bond motifs is 1. The second kappa shape index (κ2) is 2.98. The van der Waals surface area contributed by atoms with Crippen molar-refractivity contribution in [3.05, 3.63) is 29.3 Å². The van der Waals surface area contributed by atoms with Crippen molar-refractivity contribution in [2.75, 3.05) is 6.61 Å². The normalized spacial score (nSPS) is 20.2. The minimum atomic E-state index is -2.33. The number of ether oxygens (including phenoxy) is 1. The molecule has 1 aromatic carbocycles. The highest BCUT2D eigenvalue weighted by Gasteiger charge is 2.31. The lowest BCUT2D eigenvalue weighted by Gasteiger charge is -2.06. The molecule has 13 heavy (non-hydrogen) atoms. The molecule has 0 saturated heterocycles. The number of halogens is 2. The van der Waals surface area contributed by atoms with Crippen molar-refractivity contribution in [2.45, 2.75) is 19.3 Å². The number of alkyl halides is 2. The first-order chi connectivity index (χ1) is 6.18. The van der Waals surface area contributed by atoms with E-state index in [2.05, 4.69) is 0 Å². The van der Waals surface area contributed by atoms with Crippen molar-refractivity contribution in [1.29, 1.82) is 0 Å². The van der Waals surface area contributed by atoms with Gasteiger partial charge >= 0.3 is 0 Å². The molecule has 2 rings (SSSR count). The van der Waals surface area contributed by atoms with Crippen LogP contribution in [0.1, 0.15) is 17.0 Å². The Morgan fingerprint density at radius 2 is 2.23 bits per heavy atom. The average molecular weight is 184 g/mol. The lowest BCUT2D eigenvalue weighted by atomic mass is 10.0. The van der Waals surface area contributed by atoms with Crippen molar-refractivity contribution >= 4 is 0 Å². The molecule has 1 nitrogen and oxygen atoms in total. The van der Waals surface area contributed by atoms with E-state index < -0.39 is 12.3 Å². The molecule has 0 fully saturated rings. The van der Waals surface area contributed by atoms with Gasteiger partial charge in [-0.3, -0.25) is 0 Å². The maximum absolute atomic E-state index is 12.5. The number of aryl methyl sites for hydroxylation is 1. The topological polar surface area (TPSA) is 9.23 Å². The van der Waals surface area contributed by atoms with E-state index >= 15 is 0 Å². The summed E-state index contributed by atoms with van der Waals surface area (Å²) in [5.41, 5.74) is 1.64. The molecule has 0 radical (unpaired) electrons. The lowest BCUT2D eigenvalue weighted by Crippen LogP contribution is -2.10. The van der Waals surface area contributed by atoms with Gasteiger partial charge in [-0.05, 0) is 13.0 Å². The third kappa shape index (κ3) is 1.39. The third-order valence-electron chi connectivity index (χ3n) is 2.29. The highest BCUT2D eigenvalue weighted by atomic mass is 19.3. The van der Waals surface area contributed by atoms with Crippen molar-refractivity contribution < 1.29 is 13.5 Å². The highest BCUT2D eigenvalue weighted by Crippen LogP contribution is 2.37. The minimum Gasteiger partial charge on any atom is -0.492 e. The van der Waals surface area contributed by atoms with E-state index in [1.54, 1.807) is 12.1 Å². The molecule has 1 aliphatic rings. The lowest BCUT2D eigenvalue weighted by molar-refractivity contribution is 0.102. The predicted octanol–water partition coefficient (Wildman–Crippen LogP) is 2.74. The molecule has 1 aliphatic heterocycles. The smallest absolute Gasteiger partial charge is 0.248 e. The van der Waals surface area contributed by atoms with Gasteiger partial charge in [-0.15, -0.1) is 0 Å². The number of hydrogen-bond acceptors (Lipinski definition) is 1. The molecule has 1 aromatic rings. The van der Waals surface area contributed by atoms with Gasteiger partial charge in [-0.2, -0.15) is 0 Å². The van der Waals surface area contributed by atoms with Crippen LogP contribution in [0, 0.1) is 6.92 Å². The van der Waals surface area contributed by atoms with Crippen molar-refractivity contribution in [3.63, 3.8) is 0 Å². The second-order valence-corrected chi connectivity index (χ2v) is 3.29. The van der Waals surface area contributed by atoms with Gasteiger partial charge in [0.05, 0.1) is 5.92 Å². The van der Waals surface area contributed by atoms with Crippen LogP contribution in [-0.4, -0.2) is 13.0 Å². The Morgan fingerprint density at radius 1 is 1.46 bits per heavy atom. The summed E-state index contributed by atoms with van der Waals surface area (Å²) in [5, 5.41) is 0. The molecule has 0 unspecified atom stereocenters. The molecule has 70 valence electrons. The van der Waals surface area contributed by atoms with Gasteiger partial charge in [0.15, 0.2) is 0 Å². The van der Waals surface area contributed by atoms with Crippen LogP contribution in [0.2, 0.25) is 0 Å². The van der Waals surface area contributed by atoms with Crippen LogP contribution in [0.15, 0.2) is 18.2 Å². The van der Waals surface area contributed by atoms with Gasteiger partial charge in [0.2, 0.25) is 6.43 Å². The number of benzene rings is 1. The molecular weight excluding hydrogens is 174 g/mol. The first kappa shape index (κ1) is 8.48. The fraction of sp³-hybridized carbons (Fsp3) is 0.400. The number of hydrogen-bond donors (Lipinski definition) is 0. The van der Waals surface area contributed by atoms with Crippen LogP contribution in [0.25, 0.3) is 0 Å². The summed E-state index contributed by atoms with van der Waals surface area (Å²) in [5.74, 6) is -0.134. The first-order valence-electron chi connectivity index (χ1n) is 4.20. The van der Waals surface area contributed by atoms with Crippen molar-refractivity contribution in [3.8, 4) is 5.75 Å². The Bertz CT molecular complexity index is 323. The molecule has 0 spiro atoms. The van der Waals surface area contributed by atoms with Crippen LogP contribution in [-0.2, 0) is 0 Å². The first-order valence-corrected chi connectivity index (χ1v) is 4.20. The van der Waals surface area contributed by atoms with E-state index in [0.29, 0.717) is 11.3 Å². The zero-order chi connectivity index (χ0) is 9.42. The quantitative estimate of drug-likeness (QED) is 0.652. The molecule has 0 N–H and O–H groups in total. The van der Waals surface area contributed by atoms with Crippen LogP contribution in [0.4, 0.5) is 8.78 Å². The summed E-state index contributed by atoms with van der Waals surface area (Å²) in [6, 6.07) is 5.40. The van der Waals surface area contributed by atoms with Gasteiger partial charge < -0.3 is 4.74 Å². The molecule has 0 aromatic heterocycles. The summed E-state index contributed by atoms with van der Waals surface area (Å²) < 4.78 is 30.1. The molecule has 1 atom stereocenters. The highest BCUT2D eigenvalue weighted by molar-refractivity contribution is 5.42. The summed E-state index contributed by atoms with van der Waals surface area (Å²) in [6.45, 7) is 2.00. The maximum Gasteiger partial charge on any atom is 0.248 e. The van der Waals surface area contributed by atoms with E-state index in [1.165, 1.54) is 0 Å². The summed E-state index contributed by atoms with van der Waals surface area (Å²) in [4.78, 5) is 0. The number of rotatable bonds is 1. The average Bonchev–Trinajstić information content (AvgIpc) is 2.46. The fourth-order valence-electron chi connectivity index (χ4n) is 1.57. The maximum atomic E-state index is 12.5. The summed E-state index contributed by atoms with van der Waals surface area (Å²) in [7, 11) is 0. The largest absolute Gasteiger partial charge is 0.492 e. The van der Waals surface area contributed by atoms with E-state index in [0.717, 1.165) is 5.56 Å². The SMILES string of the molecule is Cc1ccc2c(c1)[C@@H](C(F)F)CO2. The molecule has 1 heterocycles. The molecule has 0 aliphatic carbocycles. The molecular formula is C10H10F2O. The summed E-state index contributed by atoms with van der Waals surface area (Å²) >= 11 is 0. The van der Waals surface area contributed by atoms with Crippen LogP contribution < -0.4 is 4.74 Å². The molecule has 0 amide bonds. The molecule has 0 saturated carbocycles. The van der Waals surface area contributed by atoms with Gasteiger partial charge in [0.25, 0.3) is 0 Å². The van der Waals surface area contributed by atoms with E-state index in [9.17, 15) is 8.78 Å². The molecule has 3 heteroatoms. The third-order valence-corrected chi connectivity index (χ3v) is 2.29. The van der Waals surface area contributed by atoms with Gasteiger partial charge in [0, 0.05) is 5.56 Å². The van der Waals surface area contributed by atoms with E-state index in [1.807, 2.05) is 13.0 Å². The zero-order valence-electron chi connectivity index (χ0n) is 7.26. The van der Waals surface area contributed by atoms with Gasteiger partial charge in [-0.1, -0.05) is 17.7 Å². The second-order valence-electron chi connectivity index (χ2n) is 3.29. The minimum absolute atomic E-state index is 0.108. The van der Waals surface area contributed by atoms with Crippen molar-refractivity contribution in [2.24, 2.45) is 0 Å². The monoisotopic (exact) mass is 184 g/mol. The fourth-order valence-corrected chi connectivity index (χ4v) is 1.57. The zero-order valence-corrected chi connectivity index (χ0v) is 7.26. The van der Waals surface area contributed by atoms with Gasteiger partial charge in [-0.25, -0.2) is 8.78 Å². The predicted molar refractivity (Wildman–Crippen MR) is 45.4 cm³/mol. The van der Waals surface area contributed by atoms with Crippen LogP contribution in [0.5, 0.6) is 5.75 Å². The Balaban J connectivity index is 2.40. The Hall–Kier alpha value is -1.12.